The number of carbonyl (C=O) groups excluding carboxylic acids is 1. The lowest BCUT2D eigenvalue weighted by molar-refractivity contribution is -0.290. The van der Waals surface area contributed by atoms with Gasteiger partial charge in [0, 0.05) is 0 Å². The summed E-state index contributed by atoms with van der Waals surface area (Å²) in [7, 11) is 0.661. The smallest absolute Gasteiger partial charge is 0.431 e. The Hall–Kier alpha value is -1.54. The van der Waals surface area contributed by atoms with Crippen LogP contribution in [0.15, 0.2) is 22.8 Å². The molecular formula is C9H9F3O5. The average molecular weight is 254 g/mol. The Morgan fingerprint density at radius 1 is 1.53 bits per heavy atom. The molecule has 1 heterocycles. The van der Waals surface area contributed by atoms with E-state index >= 15 is 0 Å². The van der Waals surface area contributed by atoms with E-state index in [-0.39, 0.29) is 0 Å². The van der Waals surface area contributed by atoms with Gasteiger partial charge in [0.05, 0.1) is 13.4 Å². The monoisotopic (exact) mass is 254 g/mol. The highest BCUT2D eigenvalue weighted by Gasteiger charge is 2.66. The van der Waals surface area contributed by atoms with Gasteiger partial charge in [0.1, 0.15) is 5.76 Å². The molecule has 96 valence electrons. The van der Waals surface area contributed by atoms with Gasteiger partial charge in [0.25, 0.3) is 5.60 Å². The Morgan fingerprint density at radius 3 is 2.47 bits per heavy atom. The van der Waals surface area contributed by atoms with Crippen molar-refractivity contribution < 1.29 is 37.3 Å². The number of halogens is 3. The van der Waals surface area contributed by atoms with Crippen LogP contribution in [0.4, 0.5) is 13.2 Å². The third kappa shape index (κ3) is 2.13. The number of ether oxygens (including phenoxy) is 1. The largest absolute Gasteiger partial charge is 0.467 e. The van der Waals surface area contributed by atoms with Gasteiger partial charge in [-0.1, -0.05) is 0 Å². The highest BCUT2D eigenvalue weighted by molar-refractivity contribution is 5.81. The summed E-state index contributed by atoms with van der Waals surface area (Å²) in [6.07, 6.45) is -7.02. The number of esters is 1. The number of furan rings is 1. The lowest BCUT2D eigenvalue weighted by atomic mass is 9.94. The highest BCUT2D eigenvalue weighted by Crippen LogP contribution is 2.41. The fourth-order valence-corrected chi connectivity index (χ4v) is 1.19. The number of rotatable bonds is 3. The quantitative estimate of drug-likeness (QED) is 0.779. The third-order valence-corrected chi connectivity index (χ3v) is 2.14. The average Bonchev–Trinajstić information content (AvgIpc) is 2.77. The number of carbonyl (C=O) groups is 1. The summed E-state index contributed by atoms with van der Waals surface area (Å²) in [6, 6.07) is 2.19. The van der Waals surface area contributed by atoms with Crippen molar-refractivity contribution in [2.75, 3.05) is 7.11 Å². The number of methoxy groups -OCH3 is 1. The Balaban J connectivity index is 3.21. The Morgan fingerprint density at radius 2 is 2.12 bits per heavy atom. The minimum atomic E-state index is -5.41. The third-order valence-electron chi connectivity index (χ3n) is 2.14. The summed E-state index contributed by atoms with van der Waals surface area (Å²) in [5.74, 6) is -2.62. The van der Waals surface area contributed by atoms with Gasteiger partial charge in [-0.15, -0.1) is 0 Å². The van der Waals surface area contributed by atoms with Crippen LogP contribution in [0.5, 0.6) is 0 Å². The first-order chi connectivity index (χ1) is 7.75. The molecule has 1 rings (SSSR count). The standard InChI is InChI=1S/C9H9F3O5/c1-16-7(14)8(15,9(10,11)12)6(13)5-3-2-4-17-5/h2-4,6,13,15H,1H3. The number of alkyl halides is 3. The molecule has 0 radical (unpaired) electrons. The van der Waals surface area contributed by atoms with Gasteiger partial charge in [-0.25, -0.2) is 4.79 Å². The van der Waals surface area contributed by atoms with E-state index in [1.54, 1.807) is 0 Å². The van der Waals surface area contributed by atoms with Crippen LogP contribution in [0, 0.1) is 0 Å². The zero-order chi connectivity index (χ0) is 13.3. The van der Waals surface area contributed by atoms with Crippen molar-refractivity contribution in [3.8, 4) is 0 Å². The predicted molar refractivity (Wildman–Crippen MR) is 46.7 cm³/mol. The van der Waals surface area contributed by atoms with Crippen molar-refractivity contribution in [2.24, 2.45) is 0 Å². The van der Waals surface area contributed by atoms with Crippen molar-refractivity contribution in [1.82, 2.24) is 0 Å². The van der Waals surface area contributed by atoms with Crippen molar-refractivity contribution in [3.63, 3.8) is 0 Å². The van der Waals surface area contributed by atoms with Gasteiger partial charge < -0.3 is 19.4 Å². The van der Waals surface area contributed by atoms with Crippen molar-refractivity contribution in [3.05, 3.63) is 24.2 Å². The van der Waals surface area contributed by atoms with Crippen LogP contribution in [-0.4, -0.2) is 35.1 Å². The predicted octanol–water partition coefficient (Wildman–Crippen LogP) is 0.779. The first-order valence-corrected chi connectivity index (χ1v) is 4.34. The summed E-state index contributed by atoms with van der Waals surface area (Å²) in [5.41, 5.74) is -4.07. The highest BCUT2D eigenvalue weighted by atomic mass is 19.4. The second-order valence-corrected chi connectivity index (χ2v) is 3.17. The van der Waals surface area contributed by atoms with Crippen LogP contribution in [0.2, 0.25) is 0 Å². The summed E-state index contributed by atoms with van der Waals surface area (Å²) in [4.78, 5) is 11.0. The molecule has 0 aliphatic rings. The lowest BCUT2D eigenvalue weighted by Crippen LogP contribution is -2.56. The summed E-state index contributed by atoms with van der Waals surface area (Å²) in [5, 5.41) is 18.7. The van der Waals surface area contributed by atoms with Gasteiger partial charge in [-0.3, -0.25) is 0 Å². The first kappa shape index (κ1) is 13.5. The fraction of sp³-hybridized carbons (Fsp3) is 0.444. The van der Waals surface area contributed by atoms with Crippen molar-refractivity contribution in [1.29, 1.82) is 0 Å². The molecule has 0 aliphatic heterocycles. The second kappa shape index (κ2) is 4.38. The molecule has 0 aliphatic carbocycles. The van der Waals surface area contributed by atoms with E-state index in [0.717, 1.165) is 12.3 Å². The van der Waals surface area contributed by atoms with Crippen LogP contribution in [-0.2, 0) is 9.53 Å². The maximum Gasteiger partial charge on any atom is 0.431 e. The Bertz CT molecular complexity index is 386. The number of aliphatic hydroxyl groups is 2. The maximum atomic E-state index is 12.6. The lowest BCUT2D eigenvalue weighted by Gasteiger charge is -2.30. The second-order valence-electron chi connectivity index (χ2n) is 3.17. The molecule has 0 bridgehead atoms. The molecule has 8 heteroatoms. The maximum absolute atomic E-state index is 12.6. The molecule has 0 spiro atoms. The van der Waals surface area contributed by atoms with E-state index in [4.69, 9.17) is 0 Å². The van der Waals surface area contributed by atoms with Crippen LogP contribution in [0.3, 0.4) is 0 Å². The van der Waals surface area contributed by atoms with E-state index in [1.165, 1.54) is 6.07 Å². The Kier molecular flexibility index (Phi) is 3.48. The van der Waals surface area contributed by atoms with E-state index < -0.39 is 29.6 Å². The molecule has 17 heavy (non-hydrogen) atoms. The van der Waals surface area contributed by atoms with Gasteiger partial charge in [0.2, 0.25) is 0 Å². The topological polar surface area (TPSA) is 79.9 Å². The van der Waals surface area contributed by atoms with E-state index in [1.807, 2.05) is 0 Å². The molecule has 2 N–H and O–H groups in total. The zero-order valence-electron chi connectivity index (χ0n) is 8.56. The molecule has 2 unspecified atom stereocenters. The molecule has 1 aromatic heterocycles. The zero-order valence-corrected chi connectivity index (χ0v) is 8.56. The molecule has 0 amide bonds. The van der Waals surface area contributed by atoms with Gasteiger partial charge in [-0.2, -0.15) is 13.2 Å². The summed E-state index contributed by atoms with van der Waals surface area (Å²) in [6.45, 7) is 0. The van der Waals surface area contributed by atoms with Crippen molar-refractivity contribution in [2.45, 2.75) is 17.9 Å². The molecule has 0 saturated carbocycles. The molecule has 0 fully saturated rings. The number of hydrogen-bond donors (Lipinski definition) is 2. The normalized spacial score (nSPS) is 17.3. The molecular weight excluding hydrogens is 245 g/mol. The van der Waals surface area contributed by atoms with E-state index in [2.05, 4.69) is 9.15 Å². The molecule has 5 nitrogen and oxygen atoms in total. The fourth-order valence-electron chi connectivity index (χ4n) is 1.19. The van der Waals surface area contributed by atoms with Gasteiger partial charge in [-0.05, 0) is 12.1 Å². The minimum Gasteiger partial charge on any atom is -0.467 e. The van der Waals surface area contributed by atoms with Crippen LogP contribution < -0.4 is 0 Å². The minimum absolute atomic E-state index is 0.602. The Labute approximate surface area is 93.4 Å². The summed E-state index contributed by atoms with van der Waals surface area (Å²) >= 11 is 0. The molecule has 1 aromatic rings. The number of hydrogen-bond acceptors (Lipinski definition) is 5. The van der Waals surface area contributed by atoms with Crippen molar-refractivity contribution >= 4 is 5.97 Å². The first-order valence-electron chi connectivity index (χ1n) is 4.34. The van der Waals surface area contributed by atoms with Gasteiger partial charge >= 0.3 is 12.1 Å². The summed E-state index contributed by atoms with van der Waals surface area (Å²) < 4.78 is 46.3. The number of aliphatic hydroxyl groups excluding tert-OH is 1. The van der Waals surface area contributed by atoms with Crippen LogP contribution in [0.1, 0.15) is 11.9 Å². The van der Waals surface area contributed by atoms with E-state index in [0.29, 0.717) is 7.11 Å². The van der Waals surface area contributed by atoms with Crippen LogP contribution >= 0.6 is 0 Å². The molecule has 0 saturated heterocycles. The molecule has 2 atom stereocenters. The van der Waals surface area contributed by atoms with Gasteiger partial charge in [0.15, 0.2) is 6.10 Å². The van der Waals surface area contributed by atoms with E-state index in [9.17, 15) is 28.2 Å². The van der Waals surface area contributed by atoms with Crippen LogP contribution in [0.25, 0.3) is 0 Å². The molecule has 0 aromatic carbocycles. The SMILES string of the molecule is COC(=O)C(O)(C(O)c1ccco1)C(F)(F)F.